The van der Waals surface area contributed by atoms with E-state index in [4.69, 9.17) is 0 Å². The van der Waals surface area contributed by atoms with E-state index in [9.17, 15) is 9.59 Å². The Bertz CT molecular complexity index is 771. The van der Waals surface area contributed by atoms with E-state index >= 15 is 0 Å². The molecular formula is C22H30N2O2S. The van der Waals surface area contributed by atoms with Crippen molar-refractivity contribution in [2.24, 2.45) is 5.41 Å². The van der Waals surface area contributed by atoms with Crippen molar-refractivity contribution in [3.63, 3.8) is 0 Å². The van der Waals surface area contributed by atoms with Crippen molar-refractivity contribution >= 4 is 23.2 Å². The van der Waals surface area contributed by atoms with Crippen molar-refractivity contribution in [1.82, 2.24) is 10.4 Å². The highest BCUT2D eigenvalue weighted by atomic mass is 32.1. The van der Waals surface area contributed by atoms with Gasteiger partial charge in [0.05, 0.1) is 10.9 Å². The molecule has 4 nitrogen and oxygen atoms in total. The maximum atomic E-state index is 13.4. The summed E-state index contributed by atoms with van der Waals surface area (Å²) in [6.45, 7) is 12.4. The summed E-state index contributed by atoms with van der Waals surface area (Å²) in [6, 6.07) is 9.29. The van der Waals surface area contributed by atoms with Crippen LogP contribution < -0.4 is 5.43 Å². The summed E-state index contributed by atoms with van der Waals surface area (Å²) in [6.07, 6.45) is 1.73. The number of carbonyl (C=O) groups excluding carboxylic acids is 2. The van der Waals surface area contributed by atoms with E-state index in [0.717, 1.165) is 24.0 Å². The van der Waals surface area contributed by atoms with Gasteiger partial charge in [-0.2, -0.15) is 0 Å². The van der Waals surface area contributed by atoms with Crippen LogP contribution in [-0.4, -0.2) is 22.9 Å². The highest BCUT2D eigenvalue weighted by Crippen LogP contribution is 2.29. The Labute approximate surface area is 166 Å². The fourth-order valence-electron chi connectivity index (χ4n) is 3.30. The van der Waals surface area contributed by atoms with Crippen LogP contribution in [0.4, 0.5) is 0 Å². The van der Waals surface area contributed by atoms with Gasteiger partial charge in [0.1, 0.15) is 0 Å². The molecule has 0 aliphatic rings. The highest BCUT2D eigenvalue weighted by Gasteiger charge is 2.35. The summed E-state index contributed by atoms with van der Waals surface area (Å²) in [5.74, 6) is -0.409. The lowest BCUT2D eigenvalue weighted by Gasteiger charge is -2.40. The molecule has 0 aliphatic heterocycles. The zero-order valence-electron chi connectivity index (χ0n) is 17.1. The van der Waals surface area contributed by atoms with Gasteiger partial charge in [-0.05, 0) is 49.3 Å². The lowest BCUT2D eigenvalue weighted by atomic mass is 9.83. The molecule has 0 unspecified atom stereocenters. The summed E-state index contributed by atoms with van der Waals surface area (Å²) in [4.78, 5) is 26.8. The number of hydrogen-bond acceptors (Lipinski definition) is 3. The maximum absolute atomic E-state index is 13.4. The lowest BCUT2D eigenvalue weighted by molar-refractivity contribution is 0.0272. The van der Waals surface area contributed by atoms with Crippen molar-refractivity contribution < 1.29 is 9.59 Å². The molecule has 5 heteroatoms. The van der Waals surface area contributed by atoms with E-state index < -0.39 is 0 Å². The number of aryl methyl sites for hydroxylation is 2. The van der Waals surface area contributed by atoms with Crippen LogP contribution in [0, 0.1) is 19.3 Å². The van der Waals surface area contributed by atoms with Crippen molar-refractivity contribution in [2.75, 3.05) is 0 Å². The molecule has 27 heavy (non-hydrogen) atoms. The minimum atomic E-state index is -0.243. The zero-order chi connectivity index (χ0) is 20.2. The van der Waals surface area contributed by atoms with Gasteiger partial charge in [-0.25, -0.2) is 5.01 Å². The van der Waals surface area contributed by atoms with Gasteiger partial charge in [0.25, 0.3) is 11.8 Å². The fourth-order valence-corrected chi connectivity index (χ4v) is 3.92. The maximum Gasteiger partial charge on any atom is 0.279 e. The van der Waals surface area contributed by atoms with Gasteiger partial charge in [0, 0.05) is 5.56 Å². The minimum Gasteiger partial charge on any atom is -0.267 e. The summed E-state index contributed by atoms with van der Waals surface area (Å²) < 4.78 is 0. The number of nitrogens with one attached hydrogen (secondary N) is 1. The molecule has 0 bridgehead atoms. The molecule has 1 atom stereocenters. The molecule has 0 saturated carbocycles. The number of thiophene rings is 1. The van der Waals surface area contributed by atoms with Crippen LogP contribution >= 0.6 is 11.3 Å². The third-order valence-electron chi connectivity index (χ3n) is 4.53. The van der Waals surface area contributed by atoms with Gasteiger partial charge in [-0.1, -0.05) is 57.4 Å². The number of hydrogen-bond donors (Lipinski definition) is 1. The molecule has 0 aliphatic carbocycles. The Kier molecular flexibility index (Phi) is 6.82. The first-order valence-electron chi connectivity index (χ1n) is 9.39. The average molecular weight is 387 g/mol. The molecule has 146 valence electrons. The number of rotatable bonds is 5. The van der Waals surface area contributed by atoms with Gasteiger partial charge < -0.3 is 0 Å². The number of amides is 2. The molecule has 1 aromatic carbocycles. The molecule has 1 N–H and O–H groups in total. The molecule has 0 fully saturated rings. The van der Waals surface area contributed by atoms with E-state index in [1.165, 1.54) is 11.3 Å². The van der Waals surface area contributed by atoms with Crippen molar-refractivity contribution in [1.29, 1.82) is 0 Å². The molecule has 0 radical (unpaired) electrons. The molecule has 2 aromatic rings. The smallest absolute Gasteiger partial charge is 0.267 e. The minimum absolute atomic E-state index is 0.111. The van der Waals surface area contributed by atoms with Crippen molar-refractivity contribution in [3.8, 4) is 0 Å². The number of benzene rings is 1. The molecule has 2 amide bonds. The second kappa shape index (κ2) is 8.70. The quantitative estimate of drug-likeness (QED) is 0.703. The standard InChI is InChI=1S/C22H30N2O2S/c1-7-9-19(22(4,5)6)24(23-20(25)18-10-8-11-27-18)21(26)17-13-15(2)12-16(3)14-17/h8,10-14,19H,7,9H2,1-6H3,(H,23,25)/t19-/m1/s1. The first-order chi connectivity index (χ1) is 12.6. The van der Waals surface area contributed by atoms with Gasteiger partial charge in [-0.15, -0.1) is 11.3 Å². The normalized spacial score (nSPS) is 12.5. The SMILES string of the molecule is CCC[C@@H](N(NC(=O)c1cccs1)C(=O)c1cc(C)cc(C)c1)C(C)(C)C. The summed E-state index contributed by atoms with van der Waals surface area (Å²) in [5, 5.41) is 3.41. The van der Waals surface area contributed by atoms with Crippen LogP contribution in [0.5, 0.6) is 0 Å². The van der Waals surface area contributed by atoms with Crippen molar-refractivity contribution in [3.05, 3.63) is 57.3 Å². The Hall–Kier alpha value is -2.14. The molecule has 1 heterocycles. The van der Waals surface area contributed by atoms with Gasteiger partial charge in [0.2, 0.25) is 0 Å². The van der Waals surface area contributed by atoms with Crippen molar-refractivity contribution in [2.45, 2.75) is 60.4 Å². The van der Waals surface area contributed by atoms with Crippen LogP contribution in [-0.2, 0) is 0 Å². The predicted molar refractivity (Wildman–Crippen MR) is 112 cm³/mol. The van der Waals surface area contributed by atoms with Gasteiger partial charge >= 0.3 is 0 Å². The van der Waals surface area contributed by atoms with Crippen LogP contribution in [0.25, 0.3) is 0 Å². The largest absolute Gasteiger partial charge is 0.279 e. The van der Waals surface area contributed by atoms with E-state index in [1.807, 2.05) is 43.5 Å². The van der Waals surface area contributed by atoms with Gasteiger partial charge in [0.15, 0.2) is 0 Å². The fraction of sp³-hybridized carbons (Fsp3) is 0.455. The average Bonchev–Trinajstić information content (AvgIpc) is 3.10. The molecule has 1 aromatic heterocycles. The Morgan fingerprint density at radius 1 is 1.15 bits per heavy atom. The summed E-state index contributed by atoms with van der Waals surface area (Å²) in [7, 11) is 0. The second-order valence-corrected chi connectivity index (χ2v) is 9.09. The Morgan fingerprint density at radius 3 is 2.26 bits per heavy atom. The van der Waals surface area contributed by atoms with Crippen LogP contribution in [0.15, 0.2) is 35.7 Å². The predicted octanol–water partition coefficient (Wildman–Crippen LogP) is 5.37. The molecule has 2 rings (SSSR count). The Morgan fingerprint density at radius 2 is 1.78 bits per heavy atom. The molecule has 0 saturated heterocycles. The van der Waals surface area contributed by atoms with E-state index in [2.05, 4.69) is 33.1 Å². The molecule has 0 spiro atoms. The molecular weight excluding hydrogens is 356 g/mol. The number of nitrogens with zero attached hydrogens (tertiary/aromatic N) is 1. The third kappa shape index (κ3) is 5.42. The van der Waals surface area contributed by atoms with Crippen LogP contribution in [0.3, 0.4) is 0 Å². The summed E-state index contributed by atoms with van der Waals surface area (Å²) in [5.41, 5.74) is 5.40. The third-order valence-corrected chi connectivity index (χ3v) is 5.40. The van der Waals surface area contributed by atoms with Gasteiger partial charge in [-0.3, -0.25) is 15.0 Å². The topological polar surface area (TPSA) is 49.4 Å². The number of hydrazine groups is 1. The monoisotopic (exact) mass is 386 g/mol. The first kappa shape index (κ1) is 21.2. The van der Waals surface area contributed by atoms with E-state index in [-0.39, 0.29) is 23.3 Å². The number of carbonyl (C=O) groups is 2. The summed E-state index contributed by atoms with van der Waals surface area (Å²) >= 11 is 1.37. The first-order valence-corrected chi connectivity index (χ1v) is 10.3. The van der Waals surface area contributed by atoms with E-state index in [0.29, 0.717) is 10.4 Å². The second-order valence-electron chi connectivity index (χ2n) is 8.14. The zero-order valence-corrected chi connectivity index (χ0v) is 17.9. The highest BCUT2D eigenvalue weighted by molar-refractivity contribution is 7.12. The van der Waals surface area contributed by atoms with E-state index in [1.54, 1.807) is 11.1 Å². The lowest BCUT2D eigenvalue weighted by Crippen LogP contribution is -2.56. The Balaban J connectivity index is 2.43. The van der Waals surface area contributed by atoms with Crippen LogP contribution in [0.1, 0.15) is 71.7 Å². The van der Waals surface area contributed by atoms with Crippen LogP contribution in [0.2, 0.25) is 0 Å².